The summed E-state index contributed by atoms with van der Waals surface area (Å²) in [6, 6.07) is 4.96. The molecule has 1 N–H and O–H groups in total. The van der Waals surface area contributed by atoms with Gasteiger partial charge < -0.3 is 10.1 Å². The van der Waals surface area contributed by atoms with Gasteiger partial charge in [-0.1, -0.05) is 6.07 Å². The molecule has 0 amide bonds. The third-order valence-corrected chi connectivity index (χ3v) is 6.04. The van der Waals surface area contributed by atoms with Crippen molar-refractivity contribution >= 4 is 33.7 Å². The lowest BCUT2D eigenvalue weighted by Gasteiger charge is -2.32. The van der Waals surface area contributed by atoms with E-state index in [2.05, 4.69) is 21.2 Å². The van der Waals surface area contributed by atoms with Gasteiger partial charge in [-0.2, -0.15) is 0 Å². The van der Waals surface area contributed by atoms with Crippen LogP contribution in [0.5, 0.6) is 0 Å². The van der Waals surface area contributed by atoms with E-state index in [9.17, 15) is 9.18 Å². The lowest BCUT2D eigenvalue weighted by molar-refractivity contribution is -0.136. The zero-order chi connectivity index (χ0) is 15.3. The minimum Gasteiger partial charge on any atom is -0.456 e. The van der Waals surface area contributed by atoms with E-state index in [-0.39, 0.29) is 17.7 Å². The van der Waals surface area contributed by atoms with Crippen LogP contribution in [0.4, 0.5) is 4.39 Å². The summed E-state index contributed by atoms with van der Waals surface area (Å²) in [5.74, 6) is 0.317. The summed E-state index contributed by atoms with van der Waals surface area (Å²) in [5.41, 5.74) is 3.63. The summed E-state index contributed by atoms with van der Waals surface area (Å²) in [6.07, 6.45) is 2.10. The molecule has 1 unspecified atom stereocenters. The normalized spacial score (nSPS) is 23.9. The fourth-order valence-corrected chi connectivity index (χ4v) is 4.81. The van der Waals surface area contributed by atoms with E-state index in [0.29, 0.717) is 16.7 Å². The van der Waals surface area contributed by atoms with Crippen molar-refractivity contribution in [2.75, 3.05) is 12.4 Å². The van der Waals surface area contributed by atoms with Gasteiger partial charge in [-0.05, 0) is 52.2 Å². The van der Waals surface area contributed by atoms with Crippen LogP contribution in [0.3, 0.4) is 0 Å². The van der Waals surface area contributed by atoms with E-state index in [1.54, 1.807) is 23.9 Å². The topological polar surface area (TPSA) is 38.3 Å². The number of dihydropyridines is 1. The van der Waals surface area contributed by atoms with Crippen molar-refractivity contribution in [3.05, 3.63) is 55.9 Å². The molecule has 0 saturated heterocycles. The highest BCUT2D eigenvalue weighted by atomic mass is 79.9. The monoisotopic (exact) mass is 381 g/mol. The second kappa shape index (κ2) is 5.42. The molecule has 22 heavy (non-hydrogen) atoms. The van der Waals surface area contributed by atoms with Crippen LogP contribution in [-0.4, -0.2) is 18.3 Å². The number of thioether (sulfide) groups is 1. The van der Waals surface area contributed by atoms with Gasteiger partial charge in [-0.3, -0.25) is 0 Å². The molecule has 1 atom stereocenters. The van der Waals surface area contributed by atoms with Crippen LogP contribution in [0, 0.1) is 5.82 Å². The molecule has 1 aromatic rings. The predicted molar refractivity (Wildman–Crippen MR) is 86.7 cm³/mol. The second-order valence-corrected chi connectivity index (χ2v) is 7.49. The number of benzene rings is 1. The Morgan fingerprint density at radius 3 is 3.05 bits per heavy atom. The van der Waals surface area contributed by atoms with Crippen molar-refractivity contribution < 1.29 is 13.9 Å². The van der Waals surface area contributed by atoms with Crippen LogP contribution < -0.4 is 5.32 Å². The van der Waals surface area contributed by atoms with Crippen molar-refractivity contribution in [3.63, 3.8) is 0 Å². The van der Waals surface area contributed by atoms with E-state index < -0.39 is 0 Å². The van der Waals surface area contributed by atoms with Gasteiger partial charge in [0, 0.05) is 10.6 Å². The Labute approximate surface area is 140 Å². The maximum absolute atomic E-state index is 13.6. The first kappa shape index (κ1) is 14.3. The fraction of sp³-hybridized carbons (Fsp3) is 0.312. The number of halogens is 2. The van der Waals surface area contributed by atoms with Crippen LogP contribution in [-0.2, 0) is 9.53 Å². The van der Waals surface area contributed by atoms with Crippen LogP contribution in [0.15, 0.2) is 44.5 Å². The summed E-state index contributed by atoms with van der Waals surface area (Å²) in [4.78, 5) is 13.3. The Balaban J connectivity index is 1.87. The van der Waals surface area contributed by atoms with Gasteiger partial charge in [0.25, 0.3) is 0 Å². The maximum Gasteiger partial charge on any atom is 0.337 e. The Morgan fingerprint density at radius 1 is 1.36 bits per heavy atom. The average Bonchev–Trinajstić information content (AvgIpc) is 2.89. The summed E-state index contributed by atoms with van der Waals surface area (Å²) < 4.78 is 19.2. The number of allylic oxidation sites excluding steroid dienone is 2. The summed E-state index contributed by atoms with van der Waals surface area (Å²) in [7, 11) is 0. The Hall–Kier alpha value is -1.27. The lowest BCUT2D eigenvalue weighted by Crippen LogP contribution is -2.28. The van der Waals surface area contributed by atoms with E-state index in [0.717, 1.165) is 29.9 Å². The van der Waals surface area contributed by atoms with E-state index in [1.807, 2.05) is 0 Å². The molecule has 4 rings (SSSR count). The Morgan fingerprint density at radius 2 is 2.23 bits per heavy atom. The van der Waals surface area contributed by atoms with Crippen LogP contribution >= 0.6 is 27.7 Å². The van der Waals surface area contributed by atoms with Crippen molar-refractivity contribution in [2.24, 2.45) is 0 Å². The van der Waals surface area contributed by atoms with E-state index in [1.165, 1.54) is 16.7 Å². The largest absolute Gasteiger partial charge is 0.456 e. The molecular weight excluding hydrogens is 369 g/mol. The average molecular weight is 382 g/mol. The quantitative estimate of drug-likeness (QED) is 0.750. The molecule has 0 saturated carbocycles. The highest BCUT2D eigenvalue weighted by Crippen LogP contribution is 2.48. The highest BCUT2D eigenvalue weighted by Gasteiger charge is 2.40. The van der Waals surface area contributed by atoms with Crippen molar-refractivity contribution in [1.29, 1.82) is 0 Å². The number of carbonyl (C=O) groups excluding carboxylic acids is 1. The maximum atomic E-state index is 13.6. The molecule has 0 fully saturated rings. The molecular formula is C16H13BrFNO2S. The second-order valence-electron chi connectivity index (χ2n) is 5.49. The summed E-state index contributed by atoms with van der Waals surface area (Å²) in [5, 5.41) is 3.38. The zero-order valence-electron chi connectivity index (χ0n) is 11.6. The number of cyclic esters (lactones) is 1. The number of carbonyl (C=O) groups is 1. The van der Waals surface area contributed by atoms with Gasteiger partial charge in [0.15, 0.2) is 0 Å². The van der Waals surface area contributed by atoms with Crippen molar-refractivity contribution in [3.8, 4) is 0 Å². The third-order valence-electron chi connectivity index (χ3n) is 4.15. The molecule has 0 aliphatic carbocycles. The molecule has 6 heteroatoms. The Bertz CT molecular complexity index is 744. The first-order chi connectivity index (χ1) is 10.6. The third kappa shape index (κ3) is 2.20. The number of hydrogen-bond acceptors (Lipinski definition) is 4. The summed E-state index contributed by atoms with van der Waals surface area (Å²) >= 11 is 5.02. The molecule has 114 valence electrons. The molecule has 1 aromatic carbocycles. The lowest BCUT2D eigenvalue weighted by atomic mass is 9.86. The first-order valence-electron chi connectivity index (χ1n) is 7.13. The minimum atomic E-state index is -0.300. The van der Waals surface area contributed by atoms with Crippen molar-refractivity contribution in [2.45, 2.75) is 18.8 Å². The number of nitrogens with one attached hydrogen (secondary N) is 1. The number of esters is 1. The van der Waals surface area contributed by atoms with E-state index >= 15 is 0 Å². The van der Waals surface area contributed by atoms with Crippen LogP contribution in [0.25, 0.3) is 0 Å². The van der Waals surface area contributed by atoms with Gasteiger partial charge in [-0.15, -0.1) is 11.8 Å². The highest BCUT2D eigenvalue weighted by molar-refractivity contribution is 9.10. The molecule has 0 radical (unpaired) electrons. The van der Waals surface area contributed by atoms with Crippen LogP contribution in [0.1, 0.15) is 24.3 Å². The van der Waals surface area contributed by atoms with Gasteiger partial charge in [-0.25, -0.2) is 9.18 Å². The summed E-state index contributed by atoms with van der Waals surface area (Å²) in [6.45, 7) is 0.300. The molecule has 0 bridgehead atoms. The molecule has 3 heterocycles. The predicted octanol–water partition coefficient (Wildman–Crippen LogP) is 3.82. The number of rotatable bonds is 1. The van der Waals surface area contributed by atoms with Gasteiger partial charge in [0.05, 0.1) is 21.7 Å². The van der Waals surface area contributed by atoms with Crippen molar-refractivity contribution in [1.82, 2.24) is 5.32 Å². The van der Waals surface area contributed by atoms with Gasteiger partial charge in [0.1, 0.15) is 12.4 Å². The molecule has 3 aliphatic rings. The molecule has 0 spiro atoms. The first-order valence-corrected chi connectivity index (χ1v) is 8.91. The van der Waals surface area contributed by atoms with Gasteiger partial charge in [0.2, 0.25) is 0 Å². The minimum absolute atomic E-state index is 0.150. The molecule has 3 aliphatic heterocycles. The zero-order valence-corrected chi connectivity index (χ0v) is 14.0. The van der Waals surface area contributed by atoms with Gasteiger partial charge >= 0.3 is 5.97 Å². The smallest absolute Gasteiger partial charge is 0.337 e. The number of ether oxygens (including phenoxy) is 1. The molecule has 0 aromatic heterocycles. The SMILES string of the molecule is O=C1OCC2=C1C(c1ccc(F)c(Br)c1)C1=C(CCCS1)N2. The number of hydrogen-bond donors (Lipinski definition) is 1. The van der Waals surface area contributed by atoms with Crippen LogP contribution in [0.2, 0.25) is 0 Å². The Kier molecular flexibility index (Phi) is 3.53. The fourth-order valence-electron chi connectivity index (χ4n) is 3.16. The molecule has 3 nitrogen and oxygen atoms in total. The van der Waals surface area contributed by atoms with E-state index in [4.69, 9.17) is 4.74 Å². The standard InChI is InChI=1S/C16H13BrFNO2S/c17-9-6-8(3-4-10(9)18)13-14-12(7-21-16(14)20)19-11-2-1-5-22-15(11)13/h3-4,6,13,19H,1-2,5,7H2.